The highest BCUT2D eigenvalue weighted by atomic mass is 16.7. The minimum atomic E-state index is -2.02. The lowest BCUT2D eigenvalue weighted by Gasteiger charge is -2.27. The van der Waals surface area contributed by atoms with Gasteiger partial charge >= 0.3 is 5.97 Å². The summed E-state index contributed by atoms with van der Waals surface area (Å²) in [6.45, 7) is 5.16. The van der Waals surface area contributed by atoms with Crippen LogP contribution in [0.25, 0.3) is 0 Å². The Labute approximate surface area is 188 Å². The predicted molar refractivity (Wildman–Crippen MR) is 122 cm³/mol. The highest BCUT2D eigenvalue weighted by Crippen LogP contribution is 2.37. The van der Waals surface area contributed by atoms with Crippen LogP contribution in [0.1, 0.15) is 85.0 Å². The van der Waals surface area contributed by atoms with Crippen molar-refractivity contribution in [3.8, 4) is 0 Å². The molecule has 0 radical (unpaired) electrons. The zero-order chi connectivity index (χ0) is 23.1. The van der Waals surface area contributed by atoms with Gasteiger partial charge in [-0.1, -0.05) is 44.1 Å². The van der Waals surface area contributed by atoms with Gasteiger partial charge in [0.1, 0.15) is 0 Å². The molecule has 1 fully saturated rings. The first-order chi connectivity index (χ1) is 14.8. The van der Waals surface area contributed by atoms with E-state index in [-0.39, 0.29) is 37.8 Å². The van der Waals surface area contributed by atoms with E-state index >= 15 is 0 Å². The maximum absolute atomic E-state index is 12.2. The molecule has 0 aromatic rings. The summed E-state index contributed by atoms with van der Waals surface area (Å²) >= 11 is 0. The molecule has 0 aromatic carbocycles. The fourth-order valence-electron chi connectivity index (χ4n) is 4.15. The van der Waals surface area contributed by atoms with Crippen LogP contribution in [0.5, 0.6) is 0 Å². The Bertz CT molecular complexity index is 544. The molecule has 1 rings (SSSR count). The molecular formula is C25H44O6. The Hall–Kier alpha value is -1.21. The van der Waals surface area contributed by atoms with E-state index in [1.54, 1.807) is 13.8 Å². The normalized spacial score (nSPS) is 23.8. The molecule has 0 amide bonds. The summed E-state index contributed by atoms with van der Waals surface area (Å²) in [6.07, 6.45) is 16.8. The van der Waals surface area contributed by atoms with Gasteiger partial charge in [-0.2, -0.15) is 0 Å². The largest absolute Gasteiger partial charge is 0.459 e. The number of hydrogen-bond donors (Lipinski definition) is 3. The van der Waals surface area contributed by atoms with E-state index in [9.17, 15) is 15.0 Å². The van der Waals surface area contributed by atoms with Crippen LogP contribution in [-0.4, -0.2) is 52.5 Å². The summed E-state index contributed by atoms with van der Waals surface area (Å²) in [6, 6.07) is 0. The molecule has 31 heavy (non-hydrogen) atoms. The van der Waals surface area contributed by atoms with E-state index in [1.165, 1.54) is 0 Å². The number of hydrogen-bond acceptors (Lipinski definition) is 6. The number of unbranched alkanes of at least 4 members (excludes halogenated alkanes) is 3. The van der Waals surface area contributed by atoms with Crippen molar-refractivity contribution in [2.24, 2.45) is 11.8 Å². The molecule has 0 heterocycles. The number of rotatable bonds is 16. The predicted octanol–water partition coefficient (Wildman–Crippen LogP) is 4.28. The standard InChI is InChI=1S/C25H44O6/c1-4-5-6-7-8-10-13-21-15-16-23(27)22(21)14-11-9-12-17-25(29,30-19-18-26)24(28)31-20(2)3/h5-6,10,13,20-23,26-27,29H,4,7-9,11-12,14-19H2,1-3H3/t21-,22+,23-,25?/m0/s1. The molecule has 180 valence electrons. The van der Waals surface area contributed by atoms with Crippen molar-refractivity contribution >= 4 is 5.97 Å². The first-order valence-electron chi connectivity index (χ1n) is 12.0. The van der Waals surface area contributed by atoms with Gasteiger partial charge in [0.25, 0.3) is 5.79 Å². The maximum Gasteiger partial charge on any atom is 0.366 e. The second-order valence-electron chi connectivity index (χ2n) is 8.77. The number of aliphatic hydroxyl groups is 3. The fraction of sp³-hybridized carbons (Fsp3) is 0.800. The zero-order valence-corrected chi connectivity index (χ0v) is 19.7. The third-order valence-corrected chi connectivity index (χ3v) is 5.77. The number of esters is 1. The summed E-state index contributed by atoms with van der Waals surface area (Å²) in [5.41, 5.74) is 0. The third-order valence-electron chi connectivity index (χ3n) is 5.77. The van der Waals surface area contributed by atoms with Gasteiger partial charge in [0.05, 0.1) is 25.4 Å². The number of ether oxygens (including phenoxy) is 2. The van der Waals surface area contributed by atoms with Gasteiger partial charge in [0.15, 0.2) is 0 Å². The fourth-order valence-corrected chi connectivity index (χ4v) is 4.15. The molecular weight excluding hydrogens is 396 g/mol. The Morgan fingerprint density at radius 2 is 1.87 bits per heavy atom. The molecule has 6 heteroatoms. The van der Waals surface area contributed by atoms with Crippen LogP contribution in [-0.2, 0) is 14.3 Å². The molecule has 1 aliphatic carbocycles. The lowest BCUT2D eigenvalue weighted by Crippen LogP contribution is -2.44. The summed E-state index contributed by atoms with van der Waals surface area (Å²) in [4.78, 5) is 12.2. The molecule has 0 saturated heterocycles. The van der Waals surface area contributed by atoms with Crippen molar-refractivity contribution < 1.29 is 29.6 Å². The topological polar surface area (TPSA) is 96.2 Å². The lowest BCUT2D eigenvalue weighted by atomic mass is 9.88. The van der Waals surface area contributed by atoms with E-state index in [1.807, 2.05) is 0 Å². The van der Waals surface area contributed by atoms with E-state index in [4.69, 9.17) is 14.6 Å². The average Bonchev–Trinajstić information content (AvgIpc) is 3.07. The first-order valence-corrected chi connectivity index (χ1v) is 12.0. The number of allylic oxidation sites excluding steroid dienone is 4. The highest BCUT2D eigenvalue weighted by molar-refractivity contribution is 5.77. The Kier molecular flexibility index (Phi) is 14.0. The highest BCUT2D eigenvalue weighted by Gasteiger charge is 2.39. The van der Waals surface area contributed by atoms with Crippen LogP contribution < -0.4 is 0 Å². The van der Waals surface area contributed by atoms with E-state index in [2.05, 4.69) is 31.2 Å². The second kappa shape index (κ2) is 15.6. The maximum atomic E-state index is 12.2. The number of aliphatic hydroxyl groups excluding tert-OH is 2. The van der Waals surface area contributed by atoms with Crippen molar-refractivity contribution in [3.05, 3.63) is 24.3 Å². The van der Waals surface area contributed by atoms with Crippen LogP contribution in [0.15, 0.2) is 24.3 Å². The van der Waals surface area contributed by atoms with Crippen LogP contribution in [0.3, 0.4) is 0 Å². The zero-order valence-electron chi connectivity index (χ0n) is 19.7. The van der Waals surface area contributed by atoms with E-state index in [0.717, 1.165) is 51.4 Å². The minimum absolute atomic E-state index is 0.125. The molecule has 6 nitrogen and oxygen atoms in total. The molecule has 0 aromatic heterocycles. The van der Waals surface area contributed by atoms with Crippen LogP contribution >= 0.6 is 0 Å². The van der Waals surface area contributed by atoms with Gasteiger partial charge in [-0.15, -0.1) is 0 Å². The lowest BCUT2D eigenvalue weighted by molar-refractivity contribution is -0.236. The molecule has 0 spiro atoms. The minimum Gasteiger partial charge on any atom is -0.459 e. The average molecular weight is 441 g/mol. The van der Waals surface area contributed by atoms with Crippen molar-refractivity contribution in [2.45, 2.75) is 103 Å². The van der Waals surface area contributed by atoms with Crippen molar-refractivity contribution in [1.29, 1.82) is 0 Å². The van der Waals surface area contributed by atoms with Gasteiger partial charge in [-0.25, -0.2) is 4.79 Å². The van der Waals surface area contributed by atoms with E-state index < -0.39 is 11.8 Å². The summed E-state index contributed by atoms with van der Waals surface area (Å²) in [5.74, 6) is -2.12. The smallest absolute Gasteiger partial charge is 0.366 e. The van der Waals surface area contributed by atoms with Gasteiger partial charge in [-0.05, 0) is 70.6 Å². The van der Waals surface area contributed by atoms with Crippen molar-refractivity contribution in [1.82, 2.24) is 0 Å². The molecule has 1 unspecified atom stereocenters. The van der Waals surface area contributed by atoms with Gasteiger partial charge in [0, 0.05) is 6.42 Å². The third kappa shape index (κ3) is 10.8. The first kappa shape index (κ1) is 27.8. The van der Waals surface area contributed by atoms with Gasteiger partial charge < -0.3 is 24.8 Å². The summed E-state index contributed by atoms with van der Waals surface area (Å²) in [7, 11) is 0. The Morgan fingerprint density at radius 1 is 1.13 bits per heavy atom. The Morgan fingerprint density at radius 3 is 2.55 bits per heavy atom. The van der Waals surface area contributed by atoms with Gasteiger partial charge in [0.2, 0.25) is 0 Å². The van der Waals surface area contributed by atoms with Crippen LogP contribution in [0, 0.1) is 11.8 Å². The number of carbonyl (C=O) groups excluding carboxylic acids is 1. The molecule has 3 N–H and O–H groups in total. The quantitative estimate of drug-likeness (QED) is 0.143. The molecule has 1 saturated carbocycles. The van der Waals surface area contributed by atoms with Crippen molar-refractivity contribution in [3.63, 3.8) is 0 Å². The molecule has 0 bridgehead atoms. The van der Waals surface area contributed by atoms with Gasteiger partial charge in [-0.3, -0.25) is 0 Å². The molecule has 4 atom stereocenters. The number of carbonyl (C=O) groups is 1. The Balaban J connectivity index is 2.42. The summed E-state index contributed by atoms with van der Waals surface area (Å²) < 4.78 is 10.3. The van der Waals surface area contributed by atoms with Crippen LogP contribution in [0.2, 0.25) is 0 Å². The SMILES string of the molecule is CCC=CCCC=C[C@H]1CC[C@H](O)[C@@H]1CCCCCC(O)(OCCO)C(=O)OC(C)C. The van der Waals surface area contributed by atoms with E-state index in [0.29, 0.717) is 12.3 Å². The van der Waals surface area contributed by atoms with Crippen LogP contribution in [0.4, 0.5) is 0 Å². The van der Waals surface area contributed by atoms with Crippen molar-refractivity contribution in [2.75, 3.05) is 13.2 Å². The summed E-state index contributed by atoms with van der Waals surface area (Å²) in [5, 5.41) is 29.9. The molecule has 1 aliphatic rings. The second-order valence-corrected chi connectivity index (χ2v) is 8.77. The molecule has 0 aliphatic heterocycles. The monoisotopic (exact) mass is 440 g/mol.